The van der Waals surface area contributed by atoms with Crippen molar-refractivity contribution in [1.82, 2.24) is 10.2 Å². The molecule has 1 aliphatic rings. The van der Waals surface area contributed by atoms with Crippen molar-refractivity contribution in [2.24, 2.45) is 11.7 Å². The number of carbonyl (C=O) groups excluding carboxylic acids is 2. The van der Waals surface area contributed by atoms with Gasteiger partial charge in [0.2, 0.25) is 5.91 Å². The van der Waals surface area contributed by atoms with Gasteiger partial charge < -0.3 is 21.3 Å². The van der Waals surface area contributed by atoms with Crippen LogP contribution in [0.2, 0.25) is 0 Å². The van der Waals surface area contributed by atoms with E-state index in [-0.39, 0.29) is 18.5 Å². The predicted octanol–water partition coefficient (Wildman–Crippen LogP) is 0.924. The zero-order valence-corrected chi connectivity index (χ0v) is 12.3. The third kappa shape index (κ3) is 4.46. The molecule has 1 atom stereocenters. The van der Waals surface area contributed by atoms with E-state index in [1.54, 1.807) is 11.0 Å². The second-order valence-corrected chi connectivity index (χ2v) is 5.41. The molecule has 1 fully saturated rings. The minimum absolute atomic E-state index is 0.00887. The van der Waals surface area contributed by atoms with Gasteiger partial charge in [-0.3, -0.25) is 4.79 Å². The summed E-state index contributed by atoms with van der Waals surface area (Å²) in [5.74, 6) is 0.320. The number of anilines is 1. The fourth-order valence-electron chi connectivity index (χ4n) is 2.42. The van der Waals surface area contributed by atoms with Gasteiger partial charge >= 0.3 is 6.03 Å². The molecular formula is C15H22N4O2. The van der Waals surface area contributed by atoms with Crippen molar-refractivity contribution in [3.63, 3.8) is 0 Å². The zero-order chi connectivity index (χ0) is 15.2. The van der Waals surface area contributed by atoms with Crippen LogP contribution in [0.1, 0.15) is 12.0 Å². The lowest BCUT2D eigenvalue weighted by atomic mass is 10.1. The summed E-state index contributed by atoms with van der Waals surface area (Å²) in [7, 11) is 0. The van der Waals surface area contributed by atoms with Gasteiger partial charge in [-0.05, 0) is 43.5 Å². The van der Waals surface area contributed by atoms with E-state index in [1.165, 1.54) is 0 Å². The van der Waals surface area contributed by atoms with E-state index in [0.717, 1.165) is 18.5 Å². The molecule has 0 aromatic heterocycles. The van der Waals surface area contributed by atoms with Gasteiger partial charge in [0.05, 0.1) is 6.54 Å². The lowest BCUT2D eigenvalue weighted by Gasteiger charge is -2.16. The molecule has 1 heterocycles. The second-order valence-electron chi connectivity index (χ2n) is 5.41. The number of urea groups is 1. The fourth-order valence-corrected chi connectivity index (χ4v) is 2.42. The molecule has 1 aliphatic heterocycles. The summed E-state index contributed by atoms with van der Waals surface area (Å²) in [6.45, 7) is 3.98. The fraction of sp³-hybridized carbons (Fsp3) is 0.467. The quantitative estimate of drug-likeness (QED) is 0.770. The Kier molecular flexibility index (Phi) is 5.16. The van der Waals surface area contributed by atoms with Crippen molar-refractivity contribution < 1.29 is 9.59 Å². The molecule has 1 aromatic rings. The van der Waals surface area contributed by atoms with Crippen LogP contribution < -0.4 is 16.4 Å². The first kappa shape index (κ1) is 15.3. The molecular weight excluding hydrogens is 268 g/mol. The molecule has 0 saturated carbocycles. The van der Waals surface area contributed by atoms with E-state index in [1.807, 2.05) is 25.1 Å². The number of hydrogen-bond acceptors (Lipinski definition) is 3. The number of nitrogens with zero attached hydrogens (tertiary/aromatic N) is 1. The van der Waals surface area contributed by atoms with E-state index in [2.05, 4.69) is 10.6 Å². The first-order chi connectivity index (χ1) is 10.1. The summed E-state index contributed by atoms with van der Waals surface area (Å²) in [5.41, 5.74) is 7.37. The maximum atomic E-state index is 12.0. The van der Waals surface area contributed by atoms with Gasteiger partial charge in [-0.2, -0.15) is 0 Å². The van der Waals surface area contributed by atoms with Gasteiger partial charge in [-0.15, -0.1) is 0 Å². The topological polar surface area (TPSA) is 87.5 Å². The van der Waals surface area contributed by atoms with Gasteiger partial charge in [0, 0.05) is 18.8 Å². The summed E-state index contributed by atoms with van der Waals surface area (Å²) in [4.78, 5) is 25.5. The molecule has 0 bridgehead atoms. The average molecular weight is 290 g/mol. The summed E-state index contributed by atoms with van der Waals surface area (Å²) in [6.07, 6.45) is 0.942. The maximum Gasteiger partial charge on any atom is 0.319 e. The normalized spacial score (nSPS) is 17.6. The van der Waals surface area contributed by atoms with Crippen molar-refractivity contribution >= 4 is 17.6 Å². The SMILES string of the molecule is Cc1cccc(NC(=O)NCC(=O)N2CCC(CN)C2)c1. The smallest absolute Gasteiger partial charge is 0.319 e. The first-order valence-electron chi connectivity index (χ1n) is 7.18. The number of hydrogen-bond donors (Lipinski definition) is 3. The first-order valence-corrected chi connectivity index (χ1v) is 7.18. The predicted molar refractivity (Wildman–Crippen MR) is 81.9 cm³/mol. The van der Waals surface area contributed by atoms with Crippen molar-refractivity contribution in [3.8, 4) is 0 Å². The molecule has 4 N–H and O–H groups in total. The number of carbonyl (C=O) groups is 2. The van der Waals surface area contributed by atoms with Gasteiger partial charge in [0.25, 0.3) is 0 Å². The Morgan fingerprint density at radius 1 is 1.43 bits per heavy atom. The Balaban J connectivity index is 1.75. The molecule has 114 valence electrons. The number of benzene rings is 1. The van der Waals surface area contributed by atoms with Crippen molar-refractivity contribution in [1.29, 1.82) is 0 Å². The van der Waals surface area contributed by atoms with Crippen LogP contribution in [-0.4, -0.2) is 43.0 Å². The van der Waals surface area contributed by atoms with Crippen LogP contribution in [0.4, 0.5) is 10.5 Å². The average Bonchev–Trinajstić information content (AvgIpc) is 2.94. The molecule has 1 aromatic carbocycles. The molecule has 0 spiro atoms. The van der Waals surface area contributed by atoms with Crippen LogP contribution >= 0.6 is 0 Å². The lowest BCUT2D eigenvalue weighted by molar-refractivity contribution is -0.129. The molecule has 0 aliphatic carbocycles. The highest BCUT2D eigenvalue weighted by atomic mass is 16.2. The molecule has 3 amide bonds. The van der Waals surface area contributed by atoms with Crippen LogP contribution in [0.5, 0.6) is 0 Å². The van der Waals surface area contributed by atoms with Gasteiger partial charge in [-0.1, -0.05) is 12.1 Å². The Hall–Kier alpha value is -2.08. The highest BCUT2D eigenvalue weighted by Crippen LogP contribution is 2.14. The highest BCUT2D eigenvalue weighted by Gasteiger charge is 2.25. The zero-order valence-electron chi connectivity index (χ0n) is 12.3. The van der Waals surface area contributed by atoms with Crippen LogP contribution in [0.25, 0.3) is 0 Å². The molecule has 6 heteroatoms. The van der Waals surface area contributed by atoms with Crippen molar-refractivity contribution in [2.75, 3.05) is 31.5 Å². The number of nitrogens with one attached hydrogen (secondary N) is 2. The molecule has 0 radical (unpaired) electrons. The Bertz CT molecular complexity index is 518. The lowest BCUT2D eigenvalue weighted by Crippen LogP contribution is -2.40. The van der Waals surface area contributed by atoms with E-state index in [9.17, 15) is 9.59 Å². The monoisotopic (exact) mass is 290 g/mol. The Labute approximate surface area is 124 Å². The van der Waals surface area contributed by atoms with Crippen molar-refractivity contribution in [3.05, 3.63) is 29.8 Å². The molecule has 6 nitrogen and oxygen atoms in total. The number of likely N-dealkylation sites (tertiary alicyclic amines) is 1. The summed E-state index contributed by atoms with van der Waals surface area (Å²) in [5, 5.41) is 5.30. The second kappa shape index (κ2) is 7.08. The van der Waals surface area contributed by atoms with E-state index in [0.29, 0.717) is 24.7 Å². The number of amides is 3. The van der Waals surface area contributed by atoms with Gasteiger partial charge in [0.1, 0.15) is 0 Å². The number of aryl methyl sites for hydroxylation is 1. The third-order valence-corrected chi connectivity index (χ3v) is 3.65. The number of rotatable bonds is 4. The third-order valence-electron chi connectivity index (χ3n) is 3.65. The highest BCUT2D eigenvalue weighted by molar-refractivity contribution is 5.92. The minimum Gasteiger partial charge on any atom is -0.341 e. The number of nitrogens with two attached hydrogens (primary N) is 1. The van der Waals surface area contributed by atoms with Gasteiger partial charge in [0.15, 0.2) is 0 Å². The van der Waals surface area contributed by atoms with Crippen LogP contribution in [-0.2, 0) is 4.79 Å². The van der Waals surface area contributed by atoms with E-state index >= 15 is 0 Å². The molecule has 1 unspecified atom stereocenters. The molecule has 21 heavy (non-hydrogen) atoms. The Morgan fingerprint density at radius 3 is 2.90 bits per heavy atom. The van der Waals surface area contributed by atoms with Crippen LogP contribution in [0.3, 0.4) is 0 Å². The summed E-state index contributed by atoms with van der Waals surface area (Å²) >= 11 is 0. The summed E-state index contributed by atoms with van der Waals surface area (Å²) < 4.78 is 0. The minimum atomic E-state index is -0.372. The standard InChI is InChI=1S/C15H22N4O2/c1-11-3-2-4-13(7-11)18-15(21)17-9-14(20)19-6-5-12(8-16)10-19/h2-4,7,12H,5-6,8-10,16H2,1H3,(H2,17,18,21). The van der Waals surface area contributed by atoms with Crippen LogP contribution in [0, 0.1) is 12.8 Å². The maximum absolute atomic E-state index is 12.0. The van der Waals surface area contributed by atoms with E-state index < -0.39 is 0 Å². The summed E-state index contributed by atoms with van der Waals surface area (Å²) in [6, 6.07) is 7.12. The molecule has 2 rings (SSSR count). The van der Waals surface area contributed by atoms with Crippen molar-refractivity contribution in [2.45, 2.75) is 13.3 Å². The largest absolute Gasteiger partial charge is 0.341 e. The molecule has 1 saturated heterocycles. The van der Waals surface area contributed by atoms with Gasteiger partial charge in [-0.25, -0.2) is 4.79 Å². The van der Waals surface area contributed by atoms with Crippen LogP contribution in [0.15, 0.2) is 24.3 Å². The Morgan fingerprint density at radius 2 is 2.24 bits per heavy atom. The van der Waals surface area contributed by atoms with E-state index in [4.69, 9.17) is 5.73 Å².